The smallest absolute Gasteiger partial charge is 0.100 e. The Hall–Kier alpha value is -13.9. The molecular weight excluding hydrogens is 1240 g/mol. The molecule has 15 aromatic carbocycles. The van der Waals surface area contributed by atoms with Crippen LogP contribution in [0.2, 0.25) is 0 Å². The highest BCUT2D eigenvalue weighted by Crippen LogP contribution is 2.59. The van der Waals surface area contributed by atoms with Crippen LogP contribution in [0.5, 0.6) is 0 Å². The Labute approximate surface area is 588 Å². The monoisotopic (exact) mass is 1300 g/mol. The van der Waals surface area contributed by atoms with E-state index in [1.54, 1.807) is 0 Å². The molecule has 5 aromatic heterocycles. The maximum atomic E-state index is 13.7. The Morgan fingerprint density at radius 3 is 0.814 bits per heavy atom. The van der Waals surface area contributed by atoms with E-state index < -0.39 is 0 Å². The SMILES string of the molecule is N#Cc1c(-c2ccc(-c3ccccc3)nc2-c2ccccc2)c(-c2cccc3c4ccccc4n(-c4ccccc4)c23)c(-c2cccc3c4ccccc4n(-c4ccccc4)c23)c(-c2cccc3c4ccccc4n(-c4ccccc4)c23)c1-c1cccc2c3ccccc3n(-c3ccccc3)c12. The number of nitrogens with zero attached hydrogens (tertiary/aromatic N) is 6. The molecule has 0 saturated carbocycles. The molecule has 0 saturated heterocycles. The van der Waals surface area contributed by atoms with Gasteiger partial charge in [0, 0.05) is 133 Å². The number of pyridine rings is 1. The second-order valence-electron chi connectivity index (χ2n) is 26.2. The lowest BCUT2D eigenvalue weighted by atomic mass is 9.74. The Balaban J connectivity index is 1.13. The summed E-state index contributed by atoms with van der Waals surface area (Å²) < 4.78 is 9.83. The van der Waals surface area contributed by atoms with Gasteiger partial charge in [-0.25, -0.2) is 4.98 Å². The summed E-state index contributed by atoms with van der Waals surface area (Å²) in [5, 5.41) is 22.5. The summed E-state index contributed by atoms with van der Waals surface area (Å²) in [4.78, 5) is 5.90. The van der Waals surface area contributed by atoms with Crippen molar-refractivity contribution in [3.63, 3.8) is 0 Å². The summed E-state index contributed by atoms with van der Waals surface area (Å²) in [7, 11) is 0. The second-order valence-corrected chi connectivity index (χ2v) is 26.2. The summed E-state index contributed by atoms with van der Waals surface area (Å²) in [6.45, 7) is 0. The van der Waals surface area contributed by atoms with Gasteiger partial charge in [0.15, 0.2) is 0 Å². The Morgan fingerprint density at radius 2 is 0.480 bits per heavy atom. The van der Waals surface area contributed by atoms with Crippen LogP contribution in [0.4, 0.5) is 0 Å². The van der Waals surface area contributed by atoms with Crippen LogP contribution in [0.1, 0.15) is 5.56 Å². The largest absolute Gasteiger partial charge is 0.309 e. The van der Waals surface area contributed by atoms with Gasteiger partial charge in [-0.3, -0.25) is 0 Å². The minimum atomic E-state index is 0.502. The number of hydrogen-bond donors (Lipinski definition) is 0. The molecule has 102 heavy (non-hydrogen) atoms. The molecule has 6 heteroatoms. The van der Waals surface area contributed by atoms with Gasteiger partial charge in [0.25, 0.3) is 0 Å². The lowest BCUT2D eigenvalue weighted by Gasteiger charge is -2.29. The van der Waals surface area contributed by atoms with Gasteiger partial charge in [0.05, 0.1) is 61.1 Å². The van der Waals surface area contributed by atoms with Gasteiger partial charge in [0.1, 0.15) is 6.07 Å². The molecule has 474 valence electrons. The third-order valence-corrected chi connectivity index (χ3v) is 20.8. The first-order chi connectivity index (χ1) is 50.7. The van der Waals surface area contributed by atoms with Crippen molar-refractivity contribution in [1.29, 1.82) is 5.26 Å². The van der Waals surface area contributed by atoms with Crippen LogP contribution in [-0.2, 0) is 0 Å². The number of hydrogen-bond acceptors (Lipinski definition) is 2. The number of rotatable bonds is 11. The van der Waals surface area contributed by atoms with Crippen LogP contribution in [0.3, 0.4) is 0 Å². The minimum absolute atomic E-state index is 0.502. The number of benzene rings is 15. The normalized spacial score (nSPS) is 11.7. The van der Waals surface area contributed by atoms with Crippen LogP contribution in [0.15, 0.2) is 364 Å². The van der Waals surface area contributed by atoms with Crippen LogP contribution in [-0.4, -0.2) is 23.3 Å². The zero-order valence-corrected chi connectivity index (χ0v) is 55.3. The van der Waals surface area contributed by atoms with Crippen molar-refractivity contribution >= 4 is 87.2 Å². The van der Waals surface area contributed by atoms with Crippen molar-refractivity contribution in [2.24, 2.45) is 0 Å². The Morgan fingerprint density at radius 1 is 0.216 bits per heavy atom. The van der Waals surface area contributed by atoms with E-state index in [1.807, 2.05) is 0 Å². The fourth-order valence-corrected chi connectivity index (χ4v) is 16.7. The average Bonchev–Trinajstić information content (AvgIpc) is 1.53. The van der Waals surface area contributed by atoms with E-state index in [-0.39, 0.29) is 0 Å². The standard InChI is InChI=1S/C96H60N6/c97-61-81-87(76-59-60-82(62-31-7-1-8-32-62)98-92(76)63-33-9-2-10-34-63)89(78-52-28-48-73-69-44-20-24-56-84(69)100(94(73)78)65-37-13-4-14-38-65)91(80-54-30-50-75-71-46-22-26-58-86(71)102(96(75)80)67-41-17-6-18-42-67)90(79-53-29-49-74-70-45-21-25-57-85(70)101(95(74)79)66-39-15-5-16-40-66)88(81)77-51-27-47-72-68-43-19-23-55-83(68)99(93(72)77)64-35-11-3-12-36-64/h1-60H. The molecule has 0 N–H and O–H groups in total. The molecule has 0 radical (unpaired) electrons. The minimum Gasteiger partial charge on any atom is -0.309 e. The van der Waals surface area contributed by atoms with Crippen molar-refractivity contribution < 1.29 is 0 Å². The van der Waals surface area contributed by atoms with Crippen LogP contribution < -0.4 is 0 Å². The van der Waals surface area contributed by atoms with E-state index in [0.717, 1.165) is 188 Å². The second kappa shape index (κ2) is 23.7. The maximum Gasteiger partial charge on any atom is 0.100 e. The fourth-order valence-electron chi connectivity index (χ4n) is 16.7. The average molecular weight is 1300 g/mol. The zero-order valence-electron chi connectivity index (χ0n) is 55.3. The van der Waals surface area contributed by atoms with E-state index >= 15 is 0 Å². The van der Waals surface area contributed by atoms with Crippen molar-refractivity contribution in [3.8, 4) is 107 Å². The molecule has 0 atom stereocenters. The van der Waals surface area contributed by atoms with Crippen molar-refractivity contribution in [2.75, 3.05) is 0 Å². The number of aromatic nitrogens is 5. The number of fused-ring (bicyclic) bond motifs is 12. The van der Waals surface area contributed by atoms with E-state index in [4.69, 9.17) is 4.98 Å². The van der Waals surface area contributed by atoms with Crippen molar-refractivity contribution in [3.05, 3.63) is 370 Å². The third kappa shape index (κ3) is 8.88. The van der Waals surface area contributed by atoms with Gasteiger partial charge < -0.3 is 18.3 Å². The molecule has 0 aliphatic rings. The van der Waals surface area contributed by atoms with Gasteiger partial charge in [-0.15, -0.1) is 0 Å². The molecular formula is C96H60N6. The predicted molar refractivity (Wildman–Crippen MR) is 424 cm³/mol. The van der Waals surface area contributed by atoms with Crippen LogP contribution in [0.25, 0.3) is 188 Å². The van der Waals surface area contributed by atoms with E-state index in [0.29, 0.717) is 5.56 Å². The summed E-state index contributed by atoms with van der Waals surface area (Å²) in [5.74, 6) is 0. The summed E-state index contributed by atoms with van der Waals surface area (Å²) in [6, 6.07) is 134. The lowest BCUT2D eigenvalue weighted by Crippen LogP contribution is -2.07. The molecule has 0 aliphatic carbocycles. The number of para-hydroxylation sites is 12. The fraction of sp³-hybridized carbons (Fsp3) is 0. The third-order valence-electron chi connectivity index (χ3n) is 20.8. The highest BCUT2D eigenvalue weighted by atomic mass is 15.0. The first-order valence-corrected chi connectivity index (χ1v) is 34.8. The molecule has 0 spiro atoms. The van der Waals surface area contributed by atoms with Gasteiger partial charge in [-0.2, -0.15) is 5.26 Å². The van der Waals surface area contributed by atoms with Gasteiger partial charge >= 0.3 is 0 Å². The first kappa shape index (κ1) is 58.3. The summed E-state index contributed by atoms with van der Waals surface area (Å²) in [6.07, 6.45) is 0. The molecule has 20 aromatic rings. The first-order valence-electron chi connectivity index (χ1n) is 34.8. The van der Waals surface area contributed by atoms with Crippen molar-refractivity contribution in [2.45, 2.75) is 0 Å². The highest BCUT2D eigenvalue weighted by Gasteiger charge is 2.36. The highest BCUT2D eigenvalue weighted by molar-refractivity contribution is 6.27. The Kier molecular flexibility index (Phi) is 13.6. The quantitative estimate of drug-likeness (QED) is 0.130. The van der Waals surface area contributed by atoms with Gasteiger partial charge in [-0.05, 0) is 84.9 Å². The molecule has 0 fully saturated rings. The predicted octanol–water partition coefficient (Wildman–Crippen LogP) is 25.0. The van der Waals surface area contributed by atoms with Crippen molar-refractivity contribution in [1.82, 2.24) is 23.3 Å². The summed E-state index contributed by atoms with van der Waals surface area (Å²) in [5.41, 5.74) is 25.2. The molecule has 0 bridgehead atoms. The van der Waals surface area contributed by atoms with E-state index in [2.05, 4.69) is 388 Å². The van der Waals surface area contributed by atoms with E-state index in [1.165, 1.54) is 0 Å². The maximum absolute atomic E-state index is 13.7. The van der Waals surface area contributed by atoms with Gasteiger partial charge in [0.2, 0.25) is 0 Å². The van der Waals surface area contributed by atoms with Gasteiger partial charge in [-0.1, -0.05) is 279 Å². The molecule has 6 nitrogen and oxygen atoms in total. The molecule has 0 unspecified atom stereocenters. The van der Waals surface area contributed by atoms with Crippen LogP contribution >= 0.6 is 0 Å². The molecule has 5 heterocycles. The molecule has 0 aliphatic heterocycles. The lowest BCUT2D eigenvalue weighted by molar-refractivity contribution is 1.18. The van der Waals surface area contributed by atoms with E-state index in [9.17, 15) is 5.26 Å². The number of nitriles is 1. The van der Waals surface area contributed by atoms with Crippen LogP contribution in [0, 0.1) is 11.3 Å². The topological polar surface area (TPSA) is 56.4 Å². The zero-order chi connectivity index (χ0) is 67.4. The molecule has 20 rings (SSSR count). The Bertz CT molecular complexity index is 6780. The molecule has 0 amide bonds. The summed E-state index contributed by atoms with van der Waals surface area (Å²) >= 11 is 0.